The fraction of sp³-hybridized carbons (Fsp3) is 0.880. The third kappa shape index (κ3) is 9.89. The Bertz CT molecular complexity index is 609. The van der Waals surface area contributed by atoms with Crippen LogP contribution in [0.2, 0.25) is 0 Å². The Labute approximate surface area is 202 Å². The standard InChI is InChI=1S/C25H44O9/c1-17-14-18(24(31)33-17)15-19(27)12-10-8-6-4-2-3-5-7-9-11-13-32-25-23(30)22(29)21(28)20(16-26)34-25/h14,17,19-23,25-30H,2-13,15-16H2,1H3/t17-,19+,20+,21+,22-,23-,25-/m0/s1. The number of hydrogen-bond acceptors (Lipinski definition) is 9. The minimum absolute atomic E-state index is 0.181. The Morgan fingerprint density at radius 2 is 1.50 bits per heavy atom. The maximum absolute atomic E-state index is 11.6. The van der Waals surface area contributed by atoms with Gasteiger partial charge in [0.25, 0.3) is 0 Å². The Kier molecular flexibility index (Phi) is 13.6. The van der Waals surface area contributed by atoms with E-state index in [1.54, 1.807) is 6.08 Å². The van der Waals surface area contributed by atoms with Crippen molar-refractivity contribution in [3.05, 3.63) is 11.6 Å². The van der Waals surface area contributed by atoms with Gasteiger partial charge in [0.1, 0.15) is 30.5 Å². The molecule has 7 atom stereocenters. The van der Waals surface area contributed by atoms with E-state index in [9.17, 15) is 30.3 Å². The molecule has 2 heterocycles. The summed E-state index contributed by atoms with van der Waals surface area (Å²) in [5, 5.41) is 48.7. The van der Waals surface area contributed by atoms with E-state index >= 15 is 0 Å². The Hall–Kier alpha value is -1.07. The van der Waals surface area contributed by atoms with Crippen LogP contribution in [0.4, 0.5) is 0 Å². The summed E-state index contributed by atoms with van der Waals surface area (Å²) >= 11 is 0. The highest BCUT2D eigenvalue weighted by molar-refractivity contribution is 5.90. The molecule has 0 radical (unpaired) electrons. The van der Waals surface area contributed by atoms with Crippen molar-refractivity contribution in [3.8, 4) is 0 Å². The van der Waals surface area contributed by atoms with Gasteiger partial charge < -0.3 is 39.7 Å². The lowest BCUT2D eigenvalue weighted by molar-refractivity contribution is -0.301. The average molecular weight is 489 g/mol. The normalized spacial score (nSPS) is 30.3. The van der Waals surface area contributed by atoms with Gasteiger partial charge in [-0.05, 0) is 25.8 Å². The molecule has 0 aromatic carbocycles. The Morgan fingerprint density at radius 1 is 0.912 bits per heavy atom. The van der Waals surface area contributed by atoms with Crippen molar-refractivity contribution in [1.29, 1.82) is 0 Å². The maximum atomic E-state index is 11.6. The number of esters is 1. The zero-order valence-electron chi connectivity index (χ0n) is 20.4. The maximum Gasteiger partial charge on any atom is 0.334 e. The van der Waals surface area contributed by atoms with E-state index in [1.165, 1.54) is 19.3 Å². The van der Waals surface area contributed by atoms with Crippen LogP contribution in [0.25, 0.3) is 0 Å². The summed E-state index contributed by atoms with van der Waals surface area (Å²) in [6.07, 6.45) is 6.98. The van der Waals surface area contributed by atoms with Crippen LogP contribution in [0.3, 0.4) is 0 Å². The predicted molar refractivity (Wildman–Crippen MR) is 125 cm³/mol. The van der Waals surface area contributed by atoms with Crippen molar-refractivity contribution in [2.24, 2.45) is 0 Å². The van der Waals surface area contributed by atoms with Crippen molar-refractivity contribution < 1.29 is 44.5 Å². The molecule has 0 aromatic heterocycles. The van der Waals surface area contributed by atoms with Gasteiger partial charge >= 0.3 is 5.97 Å². The number of carbonyl (C=O) groups is 1. The first-order chi connectivity index (χ1) is 16.3. The highest BCUT2D eigenvalue weighted by atomic mass is 16.7. The first-order valence-corrected chi connectivity index (χ1v) is 12.8. The molecule has 1 saturated heterocycles. The largest absolute Gasteiger partial charge is 0.455 e. The van der Waals surface area contributed by atoms with Crippen LogP contribution < -0.4 is 0 Å². The van der Waals surface area contributed by atoms with Crippen LogP contribution in [0.15, 0.2) is 11.6 Å². The van der Waals surface area contributed by atoms with E-state index in [-0.39, 0.29) is 12.1 Å². The molecule has 2 rings (SSSR count). The third-order valence-corrected chi connectivity index (χ3v) is 6.51. The zero-order chi connectivity index (χ0) is 24.9. The molecule has 0 aromatic rings. The second-order valence-electron chi connectivity index (χ2n) is 9.55. The molecule has 9 heteroatoms. The summed E-state index contributed by atoms with van der Waals surface area (Å²) in [4.78, 5) is 11.6. The van der Waals surface area contributed by atoms with Gasteiger partial charge in [-0.25, -0.2) is 4.79 Å². The molecule has 2 aliphatic heterocycles. The van der Waals surface area contributed by atoms with Gasteiger partial charge in [-0.15, -0.1) is 0 Å². The predicted octanol–water partition coefficient (Wildman–Crippen LogP) is 1.72. The molecule has 5 N–H and O–H groups in total. The quantitative estimate of drug-likeness (QED) is 0.153. The molecule has 2 aliphatic rings. The molecular formula is C25H44O9. The number of hydrogen-bond donors (Lipinski definition) is 5. The van der Waals surface area contributed by atoms with Crippen LogP contribution in [-0.4, -0.2) is 87.6 Å². The molecule has 0 spiro atoms. The molecule has 34 heavy (non-hydrogen) atoms. The molecule has 0 saturated carbocycles. The van der Waals surface area contributed by atoms with Crippen molar-refractivity contribution in [3.63, 3.8) is 0 Å². The lowest BCUT2D eigenvalue weighted by Gasteiger charge is -2.39. The van der Waals surface area contributed by atoms with E-state index in [0.717, 1.165) is 44.9 Å². The second kappa shape index (κ2) is 15.8. The molecule has 9 nitrogen and oxygen atoms in total. The van der Waals surface area contributed by atoms with E-state index in [2.05, 4.69) is 0 Å². The van der Waals surface area contributed by atoms with Gasteiger partial charge in [0.15, 0.2) is 6.29 Å². The molecule has 198 valence electrons. The average Bonchev–Trinajstić information content (AvgIpc) is 3.12. The van der Waals surface area contributed by atoms with Gasteiger partial charge in [0.2, 0.25) is 0 Å². The van der Waals surface area contributed by atoms with Crippen LogP contribution in [0.5, 0.6) is 0 Å². The number of carbonyl (C=O) groups excluding carboxylic acids is 1. The van der Waals surface area contributed by atoms with Crippen LogP contribution in [0.1, 0.15) is 84.0 Å². The number of cyclic esters (lactones) is 1. The number of aliphatic hydroxyl groups excluding tert-OH is 5. The van der Waals surface area contributed by atoms with E-state index in [1.807, 2.05) is 6.92 Å². The van der Waals surface area contributed by atoms with Crippen LogP contribution in [-0.2, 0) is 19.0 Å². The number of aliphatic hydroxyl groups is 5. The van der Waals surface area contributed by atoms with E-state index < -0.39 is 43.4 Å². The Morgan fingerprint density at radius 3 is 2.06 bits per heavy atom. The molecule has 0 aliphatic carbocycles. The van der Waals surface area contributed by atoms with Crippen molar-refractivity contribution >= 4 is 5.97 Å². The first kappa shape index (κ1) is 29.2. The highest BCUT2D eigenvalue weighted by Crippen LogP contribution is 2.23. The lowest BCUT2D eigenvalue weighted by atomic mass is 9.99. The number of rotatable bonds is 17. The molecule has 1 fully saturated rings. The van der Waals surface area contributed by atoms with E-state index in [4.69, 9.17) is 14.2 Å². The topological polar surface area (TPSA) is 146 Å². The van der Waals surface area contributed by atoms with Gasteiger partial charge in [-0.2, -0.15) is 0 Å². The summed E-state index contributed by atoms with van der Waals surface area (Å²) in [7, 11) is 0. The number of unbranched alkanes of at least 4 members (excludes halogenated alkanes) is 9. The summed E-state index contributed by atoms with van der Waals surface area (Å²) in [5.41, 5.74) is 0.598. The molecule has 0 bridgehead atoms. The third-order valence-electron chi connectivity index (χ3n) is 6.51. The molecule has 0 amide bonds. The summed E-state index contributed by atoms with van der Waals surface area (Å²) in [6, 6.07) is 0. The summed E-state index contributed by atoms with van der Waals surface area (Å²) in [5.74, 6) is -0.298. The molecular weight excluding hydrogens is 444 g/mol. The minimum atomic E-state index is -1.40. The number of ether oxygens (including phenoxy) is 3. The fourth-order valence-electron chi connectivity index (χ4n) is 4.44. The smallest absolute Gasteiger partial charge is 0.334 e. The fourth-order valence-corrected chi connectivity index (χ4v) is 4.44. The lowest BCUT2D eigenvalue weighted by Crippen LogP contribution is -2.59. The Balaban J connectivity index is 1.37. The monoisotopic (exact) mass is 488 g/mol. The summed E-state index contributed by atoms with van der Waals surface area (Å²) in [6.45, 7) is 1.74. The van der Waals surface area contributed by atoms with Gasteiger partial charge in [-0.1, -0.05) is 57.8 Å². The van der Waals surface area contributed by atoms with Gasteiger partial charge in [0, 0.05) is 18.6 Å². The molecule has 0 unspecified atom stereocenters. The second-order valence-corrected chi connectivity index (χ2v) is 9.55. The highest BCUT2D eigenvalue weighted by Gasteiger charge is 2.43. The summed E-state index contributed by atoms with van der Waals surface area (Å²) < 4.78 is 15.9. The first-order valence-electron chi connectivity index (χ1n) is 12.8. The van der Waals surface area contributed by atoms with Crippen LogP contribution in [0, 0.1) is 0 Å². The van der Waals surface area contributed by atoms with Gasteiger partial charge in [-0.3, -0.25) is 0 Å². The van der Waals surface area contributed by atoms with Crippen molar-refractivity contribution in [2.75, 3.05) is 13.2 Å². The van der Waals surface area contributed by atoms with Crippen LogP contribution >= 0.6 is 0 Å². The van der Waals surface area contributed by atoms with Crippen molar-refractivity contribution in [1.82, 2.24) is 0 Å². The van der Waals surface area contributed by atoms with E-state index in [0.29, 0.717) is 25.0 Å². The van der Waals surface area contributed by atoms with Crippen molar-refractivity contribution in [2.45, 2.75) is 127 Å². The van der Waals surface area contributed by atoms with Gasteiger partial charge in [0.05, 0.1) is 12.7 Å². The zero-order valence-corrected chi connectivity index (χ0v) is 20.4. The minimum Gasteiger partial charge on any atom is -0.455 e. The SMILES string of the molecule is C[C@H]1C=C(C[C@H](O)CCCCCCCCCCCCO[C@H]2O[C@H](CO)[C@@H](O)[C@H](O)[C@@H]2O)C(=O)O1.